The molecule has 26 heavy (non-hydrogen) atoms. The van der Waals surface area contributed by atoms with Crippen molar-refractivity contribution in [2.24, 2.45) is 5.73 Å². The number of allylic oxidation sites excluding steroid dienone is 1. The highest BCUT2D eigenvalue weighted by Crippen LogP contribution is 2.41. The van der Waals surface area contributed by atoms with E-state index in [0.29, 0.717) is 18.8 Å². The minimum atomic E-state index is -0.924. The zero-order valence-electron chi connectivity index (χ0n) is 14.5. The van der Waals surface area contributed by atoms with Crippen LogP contribution in [0.4, 0.5) is 4.39 Å². The fraction of sp³-hybridized carbons (Fsp3) is 0.263. The van der Waals surface area contributed by atoms with E-state index >= 15 is 0 Å². The normalized spacial score (nSPS) is 16.0. The van der Waals surface area contributed by atoms with E-state index in [0.717, 1.165) is 0 Å². The summed E-state index contributed by atoms with van der Waals surface area (Å²) in [5.41, 5.74) is 6.60. The molecule has 2 aromatic rings. The third kappa shape index (κ3) is 2.85. The zero-order chi connectivity index (χ0) is 18.8. The minimum Gasteiger partial charge on any atom is -0.440 e. The summed E-state index contributed by atoms with van der Waals surface area (Å²) in [6, 6.07) is 9.65. The lowest BCUT2D eigenvalue weighted by Crippen LogP contribution is -2.33. The molecule has 0 saturated heterocycles. The van der Waals surface area contributed by atoms with Crippen LogP contribution in [-0.4, -0.2) is 18.3 Å². The van der Waals surface area contributed by atoms with Crippen LogP contribution < -0.4 is 16.0 Å². The number of benzene rings is 1. The summed E-state index contributed by atoms with van der Waals surface area (Å²) < 4.78 is 26.6. The van der Waals surface area contributed by atoms with E-state index in [1.165, 1.54) is 10.6 Å². The van der Waals surface area contributed by atoms with Crippen molar-refractivity contribution >= 4 is 0 Å². The van der Waals surface area contributed by atoms with E-state index in [-0.39, 0.29) is 33.9 Å². The maximum Gasteiger partial charge on any atom is 0.258 e. The van der Waals surface area contributed by atoms with Gasteiger partial charge in [0.1, 0.15) is 23.2 Å². The van der Waals surface area contributed by atoms with Crippen LogP contribution in [0.3, 0.4) is 0 Å². The van der Waals surface area contributed by atoms with Crippen LogP contribution in [-0.2, 0) is 11.3 Å². The number of rotatable bonds is 4. The number of methoxy groups -OCH3 is 1. The number of fused-ring (bicyclic) bond motifs is 1. The van der Waals surface area contributed by atoms with Crippen LogP contribution >= 0.6 is 0 Å². The highest BCUT2D eigenvalue weighted by Gasteiger charge is 2.35. The van der Waals surface area contributed by atoms with Gasteiger partial charge in [-0.15, -0.1) is 0 Å². The quantitative estimate of drug-likeness (QED) is 0.908. The van der Waals surface area contributed by atoms with Crippen LogP contribution in [0.5, 0.6) is 5.75 Å². The van der Waals surface area contributed by atoms with E-state index in [1.807, 2.05) is 6.07 Å². The molecule has 1 atom stereocenters. The van der Waals surface area contributed by atoms with Gasteiger partial charge < -0.3 is 19.8 Å². The van der Waals surface area contributed by atoms with Gasteiger partial charge in [-0.05, 0) is 13.0 Å². The molecule has 0 amide bonds. The maximum atomic E-state index is 14.5. The molecule has 0 spiro atoms. The highest BCUT2D eigenvalue weighted by molar-refractivity contribution is 5.55. The first-order valence-corrected chi connectivity index (χ1v) is 8.04. The molecule has 134 valence electrons. The van der Waals surface area contributed by atoms with E-state index in [4.69, 9.17) is 15.2 Å². The Bertz CT molecular complexity index is 988. The van der Waals surface area contributed by atoms with Crippen LogP contribution in [0.25, 0.3) is 0 Å². The third-order valence-corrected chi connectivity index (χ3v) is 4.43. The van der Waals surface area contributed by atoms with Crippen LogP contribution in [0.2, 0.25) is 0 Å². The fourth-order valence-corrected chi connectivity index (χ4v) is 3.17. The second kappa shape index (κ2) is 7.02. The van der Waals surface area contributed by atoms with Gasteiger partial charge in [0.15, 0.2) is 0 Å². The smallest absolute Gasteiger partial charge is 0.258 e. The Kier molecular flexibility index (Phi) is 4.78. The molecule has 2 N–H and O–H groups in total. The number of halogens is 1. The molecule has 6 nitrogen and oxygen atoms in total. The summed E-state index contributed by atoms with van der Waals surface area (Å²) in [7, 11) is 1.54. The molecular weight excluding hydrogens is 337 g/mol. The van der Waals surface area contributed by atoms with Crippen molar-refractivity contribution in [1.82, 2.24) is 4.57 Å². The second-order valence-electron chi connectivity index (χ2n) is 5.96. The molecule has 0 saturated carbocycles. The van der Waals surface area contributed by atoms with Gasteiger partial charge in [-0.3, -0.25) is 4.79 Å². The first-order chi connectivity index (χ1) is 12.5. The van der Waals surface area contributed by atoms with Gasteiger partial charge in [0, 0.05) is 31.0 Å². The lowest BCUT2D eigenvalue weighted by Gasteiger charge is -2.27. The number of pyridine rings is 1. The topological polar surface area (TPSA) is 90.3 Å². The Morgan fingerprint density at radius 2 is 2.15 bits per heavy atom. The van der Waals surface area contributed by atoms with Gasteiger partial charge in [-0.25, -0.2) is 4.39 Å². The monoisotopic (exact) mass is 355 g/mol. The van der Waals surface area contributed by atoms with Gasteiger partial charge in [0.05, 0.1) is 18.1 Å². The number of hydrogen-bond acceptors (Lipinski definition) is 5. The summed E-state index contributed by atoms with van der Waals surface area (Å²) >= 11 is 0. The summed E-state index contributed by atoms with van der Waals surface area (Å²) in [4.78, 5) is 13.1. The molecule has 1 aliphatic heterocycles. The van der Waals surface area contributed by atoms with Crippen molar-refractivity contribution in [2.45, 2.75) is 19.4 Å². The summed E-state index contributed by atoms with van der Waals surface area (Å²) in [6.07, 6.45) is 0. The Morgan fingerprint density at radius 3 is 2.81 bits per heavy atom. The van der Waals surface area contributed by atoms with E-state index in [9.17, 15) is 14.4 Å². The van der Waals surface area contributed by atoms with Gasteiger partial charge in [0.2, 0.25) is 5.88 Å². The Morgan fingerprint density at radius 1 is 1.42 bits per heavy atom. The molecule has 0 radical (unpaired) electrons. The SMILES string of the molecule is COCCn1c(C)cc2c(c1=O)[C@@H](c1ccccc1F)C(C#N)=C(N)O2. The summed E-state index contributed by atoms with van der Waals surface area (Å²) in [6.45, 7) is 2.44. The van der Waals surface area contributed by atoms with Gasteiger partial charge >= 0.3 is 0 Å². The predicted molar refractivity (Wildman–Crippen MR) is 93.0 cm³/mol. The molecular formula is C19H18FN3O3. The molecule has 1 aromatic heterocycles. The first kappa shape index (κ1) is 17.7. The molecule has 3 rings (SSSR count). The number of ether oxygens (including phenoxy) is 2. The molecule has 7 heteroatoms. The highest BCUT2D eigenvalue weighted by atomic mass is 19.1. The number of aromatic nitrogens is 1. The number of nitrogens with zero attached hydrogens (tertiary/aromatic N) is 2. The molecule has 0 unspecified atom stereocenters. The lowest BCUT2D eigenvalue weighted by molar-refractivity contribution is 0.185. The number of nitriles is 1. The van der Waals surface area contributed by atoms with E-state index < -0.39 is 11.7 Å². The largest absolute Gasteiger partial charge is 0.440 e. The zero-order valence-corrected chi connectivity index (χ0v) is 14.5. The van der Waals surface area contributed by atoms with Crippen molar-refractivity contribution < 1.29 is 13.9 Å². The predicted octanol–water partition coefficient (Wildman–Crippen LogP) is 2.16. The van der Waals surface area contributed by atoms with E-state index in [1.54, 1.807) is 38.3 Å². The van der Waals surface area contributed by atoms with Crippen molar-refractivity contribution in [3.63, 3.8) is 0 Å². The average molecular weight is 355 g/mol. The number of hydrogen-bond donors (Lipinski definition) is 1. The van der Waals surface area contributed by atoms with Gasteiger partial charge in [-0.2, -0.15) is 5.26 Å². The Hall–Kier alpha value is -3.11. The number of aryl methyl sites for hydroxylation is 1. The number of nitrogens with two attached hydrogens (primary N) is 1. The van der Waals surface area contributed by atoms with Crippen molar-refractivity contribution in [3.8, 4) is 11.8 Å². The second-order valence-corrected chi connectivity index (χ2v) is 5.96. The maximum absolute atomic E-state index is 14.5. The standard InChI is InChI=1S/C19H18FN3O3/c1-11-9-15-17(19(24)23(11)7-8-25-2)16(13(10-21)18(22)26-15)12-5-3-4-6-14(12)20/h3-6,9,16H,7-8,22H2,1-2H3/t16-/m0/s1. The molecule has 0 bridgehead atoms. The van der Waals surface area contributed by atoms with Crippen molar-refractivity contribution in [3.05, 3.63) is 74.8 Å². The summed E-state index contributed by atoms with van der Waals surface area (Å²) in [5, 5.41) is 9.55. The molecule has 0 aliphatic carbocycles. The van der Waals surface area contributed by atoms with Gasteiger partial charge in [-0.1, -0.05) is 18.2 Å². The third-order valence-electron chi connectivity index (χ3n) is 4.43. The fourth-order valence-electron chi connectivity index (χ4n) is 3.17. The van der Waals surface area contributed by atoms with E-state index in [2.05, 4.69) is 0 Å². The van der Waals surface area contributed by atoms with Gasteiger partial charge in [0.25, 0.3) is 5.56 Å². The van der Waals surface area contributed by atoms with Crippen LogP contribution in [0.1, 0.15) is 22.7 Å². The van der Waals surface area contributed by atoms with Crippen molar-refractivity contribution in [1.29, 1.82) is 5.26 Å². The summed E-state index contributed by atoms with van der Waals surface area (Å²) in [5.74, 6) is -1.33. The Balaban J connectivity index is 2.30. The molecule has 1 aromatic carbocycles. The van der Waals surface area contributed by atoms with Crippen LogP contribution in [0, 0.1) is 24.1 Å². The average Bonchev–Trinajstić information content (AvgIpc) is 2.61. The molecule has 1 aliphatic rings. The van der Waals surface area contributed by atoms with Crippen molar-refractivity contribution in [2.75, 3.05) is 13.7 Å². The lowest BCUT2D eigenvalue weighted by atomic mass is 9.83. The molecule has 2 heterocycles. The Labute approximate surface area is 149 Å². The minimum absolute atomic E-state index is 0.0156. The van der Waals surface area contributed by atoms with Crippen LogP contribution in [0.15, 0.2) is 46.6 Å². The first-order valence-electron chi connectivity index (χ1n) is 8.04. The molecule has 0 fully saturated rings.